The number of carbonyl (C=O) groups is 1. The molecule has 0 aliphatic heterocycles. The highest BCUT2D eigenvalue weighted by Crippen LogP contribution is 2.74. The largest absolute Gasteiger partial charge is 0.352 e. The molecule has 5 rings (SSSR count). The van der Waals surface area contributed by atoms with E-state index in [-0.39, 0.29) is 16.7 Å². The minimum Gasteiger partial charge on any atom is -0.352 e. The molecule has 5 fully saturated rings. The third kappa shape index (κ3) is 2.81. The lowest BCUT2D eigenvalue weighted by atomic mass is 9.36. The van der Waals surface area contributed by atoms with Gasteiger partial charge in [0.05, 0.1) is 0 Å². The average molecular weight is 352 g/mol. The van der Waals surface area contributed by atoms with Crippen LogP contribution in [0.1, 0.15) is 91.4 Å². The maximum atomic E-state index is 13.0. The van der Waals surface area contributed by atoms with E-state index in [1.807, 2.05) is 0 Å². The van der Waals surface area contributed by atoms with Crippen molar-refractivity contribution < 1.29 is 4.79 Å². The highest BCUT2D eigenvalue weighted by atomic mass is 35.5. The van der Waals surface area contributed by atoms with Crippen LogP contribution in [0.25, 0.3) is 0 Å². The zero-order valence-corrected chi connectivity index (χ0v) is 16.5. The van der Waals surface area contributed by atoms with Crippen LogP contribution in [0.4, 0.5) is 0 Å². The molecule has 24 heavy (non-hydrogen) atoms. The van der Waals surface area contributed by atoms with Crippen LogP contribution in [-0.4, -0.2) is 17.3 Å². The molecule has 5 aliphatic rings. The van der Waals surface area contributed by atoms with Gasteiger partial charge in [0.2, 0.25) is 5.91 Å². The van der Waals surface area contributed by atoms with Crippen molar-refractivity contribution in [2.45, 2.75) is 103 Å². The summed E-state index contributed by atoms with van der Waals surface area (Å²) in [6, 6.07) is 0.364. The van der Waals surface area contributed by atoms with E-state index in [2.05, 4.69) is 26.1 Å². The predicted molar refractivity (Wildman–Crippen MR) is 99.1 cm³/mol. The summed E-state index contributed by atoms with van der Waals surface area (Å²) >= 11 is 6.95. The average Bonchev–Trinajstić information content (AvgIpc) is 2.42. The Bertz CT molecular complexity index is 484. The summed E-state index contributed by atoms with van der Waals surface area (Å²) in [7, 11) is 0. The van der Waals surface area contributed by atoms with E-state index in [1.54, 1.807) is 0 Å². The van der Waals surface area contributed by atoms with Crippen molar-refractivity contribution in [2.75, 3.05) is 0 Å². The van der Waals surface area contributed by atoms with Gasteiger partial charge in [-0.3, -0.25) is 4.79 Å². The van der Waals surface area contributed by atoms with E-state index in [0.29, 0.717) is 22.3 Å². The Labute approximate surface area is 152 Å². The standard InChI is InChI=1S/C21H34ClNO/c1-18-9-19(2)11-20(3,10-18)14-21(12-18,13-19)16(22)17(24)23-15-7-5-4-6-8-15/h15-16H,4-14H2,1-3H3,(H,23,24)/t16-,18?,19?,20?,21?/m0/s1. The monoisotopic (exact) mass is 351 g/mol. The van der Waals surface area contributed by atoms with Crippen LogP contribution in [0.3, 0.4) is 0 Å². The molecule has 0 aromatic heterocycles. The van der Waals surface area contributed by atoms with E-state index in [1.165, 1.54) is 38.5 Å². The van der Waals surface area contributed by atoms with Crippen molar-refractivity contribution >= 4 is 17.5 Å². The summed E-state index contributed by atoms with van der Waals surface area (Å²) in [6.45, 7) is 7.37. The normalized spacial score (nSPS) is 49.2. The Balaban J connectivity index is 1.55. The Morgan fingerprint density at radius 3 is 1.79 bits per heavy atom. The Kier molecular flexibility index (Phi) is 3.85. The maximum Gasteiger partial charge on any atom is 0.238 e. The summed E-state index contributed by atoms with van der Waals surface area (Å²) in [4.78, 5) is 13.0. The molecule has 0 heterocycles. The Morgan fingerprint density at radius 1 is 0.875 bits per heavy atom. The molecule has 1 amide bonds. The van der Waals surface area contributed by atoms with Gasteiger partial charge in [0.25, 0.3) is 0 Å². The first-order valence-electron chi connectivity index (χ1n) is 10.1. The molecule has 5 saturated carbocycles. The van der Waals surface area contributed by atoms with Gasteiger partial charge in [0, 0.05) is 6.04 Å². The van der Waals surface area contributed by atoms with Crippen molar-refractivity contribution in [2.24, 2.45) is 21.7 Å². The van der Waals surface area contributed by atoms with Gasteiger partial charge in [0.1, 0.15) is 5.38 Å². The fraction of sp³-hybridized carbons (Fsp3) is 0.952. The van der Waals surface area contributed by atoms with Gasteiger partial charge >= 0.3 is 0 Å². The first-order valence-corrected chi connectivity index (χ1v) is 10.5. The maximum absolute atomic E-state index is 13.0. The van der Waals surface area contributed by atoms with Gasteiger partial charge < -0.3 is 5.32 Å². The van der Waals surface area contributed by atoms with E-state index < -0.39 is 0 Å². The van der Waals surface area contributed by atoms with Crippen molar-refractivity contribution in [3.63, 3.8) is 0 Å². The van der Waals surface area contributed by atoms with E-state index in [4.69, 9.17) is 11.6 Å². The number of rotatable bonds is 3. The van der Waals surface area contributed by atoms with E-state index in [0.717, 1.165) is 32.1 Å². The quantitative estimate of drug-likeness (QED) is 0.675. The van der Waals surface area contributed by atoms with Crippen LogP contribution in [0, 0.1) is 21.7 Å². The molecule has 2 nitrogen and oxygen atoms in total. The molecule has 0 saturated heterocycles. The number of hydrogen-bond acceptors (Lipinski definition) is 1. The summed E-state index contributed by atoms with van der Waals surface area (Å²) < 4.78 is 0. The second kappa shape index (κ2) is 5.38. The third-order valence-electron chi connectivity index (χ3n) is 7.62. The molecule has 1 N–H and O–H groups in total. The number of carbonyl (C=O) groups excluding carboxylic acids is 1. The molecule has 3 heteroatoms. The van der Waals surface area contributed by atoms with Crippen LogP contribution in [0.2, 0.25) is 0 Å². The van der Waals surface area contributed by atoms with Gasteiger partial charge in [-0.25, -0.2) is 0 Å². The third-order valence-corrected chi connectivity index (χ3v) is 8.28. The zero-order chi connectivity index (χ0) is 17.2. The number of halogens is 1. The zero-order valence-electron chi connectivity index (χ0n) is 15.7. The van der Waals surface area contributed by atoms with Crippen LogP contribution < -0.4 is 5.32 Å². The highest BCUT2D eigenvalue weighted by molar-refractivity contribution is 6.31. The lowest BCUT2D eigenvalue weighted by molar-refractivity contribution is -0.185. The summed E-state index contributed by atoms with van der Waals surface area (Å²) in [5, 5.41) is 2.96. The van der Waals surface area contributed by atoms with Gasteiger partial charge in [-0.1, -0.05) is 40.0 Å². The lowest BCUT2D eigenvalue weighted by Gasteiger charge is -2.69. The molecular weight excluding hydrogens is 318 g/mol. The highest BCUT2D eigenvalue weighted by Gasteiger charge is 2.66. The molecule has 1 atom stereocenters. The van der Waals surface area contributed by atoms with Crippen molar-refractivity contribution in [1.82, 2.24) is 5.32 Å². The number of hydrogen-bond donors (Lipinski definition) is 1. The number of alkyl halides is 1. The van der Waals surface area contributed by atoms with Crippen LogP contribution in [0.15, 0.2) is 0 Å². The first-order chi connectivity index (χ1) is 11.2. The van der Waals surface area contributed by atoms with Gasteiger partial charge in [0.15, 0.2) is 0 Å². The molecular formula is C21H34ClNO. The van der Waals surface area contributed by atoms with Crippen molar-refractivity contribution in [3.8, 4) is 0 Å². The second-order valence-corrected chi connectivity index (χ2v) is 11.5. The lowest BCUT2D eigenvalue weighted by Crippen LogP contribution is -2.63. The topological polar surface area (TPSA) is 29.1 Å². The van der Waals surface area contributed by atoms with E-state index in [9.17, 15) is 4.79 Å². The first kappa shape index (κ1) is 17.2. The predicted octanol–water partition coefficient (Wildman–Crippen LogP) is 5.43. The minimum atomic E-state index is -0.349. The van der Waals surface area contributed by atoms with Gasteiger partial charge in [-0.15, -0.1) is 11.6 Å². The minimum absolute atomic E-state index is 0.0211. The summed E-state index contributed by atoms with van der Waals surface area (Å²) in [5.41, 5.74) is 1.18. The Morgan fingerprint density at radius 2 is 1.33 bits per heavy atom. The molecule has 0 radical (unpaired) electrons. The molecule has 4 bridgehead atoms. The summed E-state index contributed by atoms with van der Waals surface area (Å²) in [5.74, 6) is 0.126. The smallest absolute Gasteiger partial charge is 0.238 e. The van der Waals surface area contributed by atoms with E-state index >= 15 is 0 Å². The van der Waals surface area contributed by atoms with Gasteiger partial charge in [-0.05, 0) is 73.0 Å². The molecule has 0 spiro atoms. The molecule has 136 valence electrons. The number of nitrogens with one attached hydrogen (secondary N) is 1. The van der Waals surface area contributed by atoms with Crippen molar-refractivity contribution in [3.05, 3.63) is 0 Å². The van der Waals surface area contributed by atoms with Crippen molar-refractivity contribution in [1.29, 1.82) is 0 Å². The molecule has 0 unspecified atom stereocenters. The Hall–Kier alpha value is -0.240. The fourth-order valence-electron chi connectivity index (χ4n) is 8.46. The SMILES string of the molecule is CC12CC3(C)CC(C)(C1)CC([C@@H](Cl)C(=O)NC1CCCCC1)(C2)C3. The second-order valence-electron chi connectivity index (χ2n) is 11.1. The fourth-order valence-corrected chi connectivity index (χ4v) is 8.75. The molecule has 5 aliphatic carbocycles. The summed E-state index contributed by atoms with van der Waals surface area (Å²) in [6.07, 6.45) is 13.5. The van der Waals surface area contributed by atoms with Crippen LogP contribution in [-0.2, 0) is 4.79 Å². The molecule has 0 aromatic rings. The molecule has 0 aromatic carbocycles. The van der Waals surface area contributed by atoms with Gasteiger partial charge in [-0.2, -0.15) is 0 Å². The number of amides is 1. The van der Waals surface area contributed by atoms with Crippen LogP contribution in [0.5, 0.6) is 0 Å². The van der Waals surface area contributed by atoms with Crippen LogP contribution >= 0.6 is 11.6 Å².